The Kier molecular flexibility index (Phi) is 6.49. The van der Waals surface area contributed by atoms with Crippen molar-refractivity contribution in [1.82, 2.24) is 0 Å². The van der Waals surface area contributed by atoms with E-state index in [2.05, 4.69) is 19.1 Å². The first-order valence-electron chi connectivity index (χ1n) is 6.23. The van der Waals surface area contributed by atoms with E-state index in [1.165, 1.54) is 11.1 Å². The van der Waals surface area contributed by atoms with Crippen molar-refractivity contribution in [3.8, 4) is 0 Å². The fourth-order valence-corrected chi connectivity index (χ4v) is 1.50. The van der Waals surface area contributed by atoms with Crippen molar-refractivity contribution in [3.05, 3.63) is 71.8 Å². The minimum absolute atomic E-state index is 0.258. The summed E-state index contributed by atoms with van der Waals surface area (Å²) < 4.78 is 0. The first kappa shape index (κ1) is 14.2. The Morgan fingerprint density at radius 2 is 1.39 bits per heavy atom. The Morgan fingerprint density at radius 1 is 0.889 bits per heavy atom. The summed E-state index contributed by atoms with van der Waals surface area (Å²) in [7, 11) is 0. The zero-order valence-corrected chi connectivity index (χ0v) is 11.1. The summed E-state index contributed by atoms with van der Waals surface area (Å²) in [5, 5.41) is 0. The van der Waals surface area contributed by atoms with Gasteiger partial charge in [0, 0.05) is 6.42 Å². The molecule has 1 heteroatoms. The van der Waals surface area contributed by atoms with E-state index in [4.69, 9.17) is 0 Å². The maximum absolute atomic E-state index is 10.6. The van der Waals surface area contributed by atoms with Crippen LogP contribution in [0, 0.1) is 6.92 Å². The van der Waals surface area contributed by atoms with Crippen LogP contribution in [0.3, 0.4) is 0 Å². The number of hydrogen-bond donors (Lipinski definition) is 0. The maximum Gasteiger partial charge on any atom is 0.130 e. The average molecular weight is 240 g/mol. The molecule has 2 aromatic rings. The lowest BCUT2D eigenvalue weighted by atomic mass is 10.1. The molecular weight excluding hydrogens is 220 g/mol. The molecule has 0 amide bonds. The SMILES string of the molecule is CC(=O)CCc1ccccc1.Cc1ccccc1. The first-order valence-corrected chi connectivity index (χ1v) is 6.23. The predicted molar refractivity (Wildman–Crippen MR) is 76.6 cm³/mol. The van der Waals surface area contributed by atoms with Crippen molar-refractivity contribution in [2.75, 3.05) is 0 Å². The van der Waals surface area contributed by atoms with Crippen LogP contribution in [0.1, 0.15) is 24.5 Å². The number of aryl methyl sites for hydroxylation is 2. The van der Waals surface area contributed by atoms with Gasteiger partial charge in [-0.05, 0) is 25.8 Å². The second-order valence-electron chi connectivity index (χ2n) is 4.34. The predicted octanol–water partition coefficient (Wildman–Crippen LogP) is 4.20. The molecule has 0 aliphatic rings. The standard InChI is InChI=1S/C10H12O.C7H8/c1-9(11)7-8-10-5-3-2-4-6-10;1-7-5-3-2-4-6-7/h2-6H,7-8H2,1H3;2-6H,1H3. The summed E-state index contributed by atoms with van der Waals surface area (Å²) in [6, 6.07) is 20.3. The van der Waals surface area contributed by atoms with E-state index in [0.717, 1.165) is 6.42 Å². The van der Waals surface area contributed by atoms with E-state index >= 15 is 0 Å². The van der Waals surface area contributed by atoms with E-state index in [-0.39, 0.29) is 5.78 Å². The van der Waals surface area contributed by atoms with E-state index in [9.17, 15) is 4.79 Å². The fourth-order valence-electron chi connectivity index (χ4n) is 1.50. The third-order valence-electron chi connectivity index (χ3n) is 2.55. The van der Waals surface area contributed by atoms with Gasteiger partial charge in [-0.2, -0.15) is 0 Å². The van der Waals surface area contributed by atoms with Crippen LogP contribution in [0.5, 0.6) is 0 Å². The van der Waals surface area contributed by atoms with Gasteiger partial charge in [-0.1, -0.05) is 66.2 Å². The summed E-state index contributed by atoms with van der Waals surface area (Å²) in [6.45, 7) is 3.71. The van der Waals surface area contributed by atoms with Gasteiger partial charge in [-0.25, -0.2) is 0 Å². The lowest BCUT2D eigenvalue weighted by Crippen LogP contribution is -1.92. The van der Waals surface area contributed by atoms with Crippen molar-refractivity contribution in [2.45, 2.75) is 26.7 Å². The lowest BCUT2D eigenvalue weighted by molar-refractivity contribution is -0.116. The Labute approximate surface area is 109 Å². The average Bonchev–Trinajstić information content (AvgIpc) is 2.39. The van der Waals surface area contributed by atoms with Crippen molar-refractivity contribution >= 4 is 5.78 Å². The number of ketones is 1. The fraction of sp³-hybridized carbons (Fsp3) is 0.235. The molecule has 94 valence electrons. The molecule has 0 unspecified atom stereocenters. The molecule has 2 rings (SSSR count). The highest BCUT2D eigenvalue weighted by atomic mass is 16.1. The molecule has 2 aromatic carbocycles. The van der Waals surface area contributed by atoms with Crippen molar-refractivity contribution in [2.24, 2.45) is 0 Å². The van der Waals surface area contributed by atoms with Crippen molar-refractivity contribution < 1.29 is 4.79 Å². The van der Waals surface area contributed by atoms with Gasteiger partial charge >= 0.3 is 0 Å². The largest absolute Gasteiger partial charge is 0.300 e. The van der Waals surface area contributed by atoms with E-state index < -0.39 is 0 Å². The number of carbonyl (C=O) groups excluding carboxylic acids is 1. The van der Waals surface area contributed by atoms with Crippen molar-refractivity contribution in [3.63, 3.8) is 0 Å². The summed E-state index contributed by atoms with van der Waals surface area (Å²) in [4.78, 5) is 10.6. The number of carbonyl (C=O) groups is 1. The zero-order valence-electron chi connectivity index (χ0n) is 11.1. The molecule has 0 bridgehead atoms. The van der Waals surface area contributed by atoms with Crippen LogP contribution in [-0.2, 0) is 11.2 Å². The number of hydrogen-bond acceptors (Lipinski definition) is 1. The van der Waals surface area contributed by atoms with Crippen LogP contribution in [0.25, 0.3) is 0 Å². The van der Waals surface area contributed by atoms with Crippen LogP contribution < -0.4 is 0 Å². The summed E-state index contributed by atoms with van der Waals surface area (Å²) in [6.07, 6.45) is 1.53. The summed E-state index contributed by atoms with van der Waals surface area (Å²) >= 11 is 0. The molecule has 18 heavy (non-hydrogen) atoms. The lowest BCUT2D eigenvalue weighted by Gasteiger charge is -1.96. The third-order valence-corrected chi connectivity index (χ3v) is 2.55. The maximum atomic E-state index is 10.6. The summed E-state index contributed by atoms with van der Waals surface area (Å²) in [5.74, 6) is 0.258. The Bertz CT molecular complexity index is 446. The smallest absolute Gasteiger partial charge is 0.130 e. The highest BCUT2D eigenvalue weighted by Crippen LogP contribution is 2.01. The molecule has 0 heterocycles. The minimum atomic E-state index is 0.258. The molecule has 0 aliphatic carbocycles. The van der Waals surface area contributed by atoms with Gasteiger partial charge < -0.3 is 4.79 Å². The molecule has 0 spiro atoms. The Hall–Kier alpha value is -1.89. The van der Waals surface area contributed by atoms with Gasteiger partial charge in [0.2, 0.25) is 0 Å². The van der Waals surface area contributed by atoms with E-state index in [1.54, 1.807) is 6.92 Å². The van der Waals surface area contributed by atoms with Gasteiger partial charge in [0.25, 0.3) is 0 Å². The first-order chi connectivity index (χ1) is 8.68. The quantitative estimate of drug-likeness (QED) is 0.785. The molecular formula is C17H20O. The molecule has 0 fully saturated rings. The molecule has 1 nitrogen and oxygen atoms in total. The zero-order chi connectivity index (χ0) is 13.2. The number of rotatable bonds is 3. The molecule has 0 saturated heterocycles. The van der Waals surface area contributed by atoms with Crippen LogP contribution in [0.4, 0.5) is 0 Å². The monoisotopic (exact) mass is 240 g/mol. The van der Waals surface area contributed by atoms with Crippen LogP contribution in [0.2, 0.25) is 0 Å². The number of Topliss-reactive ketones (excluding diaryl/α,β-unsaturated/α-hetero) is 1. The van der Waals surface area contributed by atoms with Gasteiger partial charge in [0.15, 0.2) is 0 Å². The van der Waals surface area contributed by atoms with Crippen LogP contribution in [0.15, 0.2) is 60.7 Å². The topological polar surface area (TPSA) is 17.1 Å². The minimum Gasteiger partial charge on any atom is -0.300 e. The van der Waals surface area contributed by atoms with Crippen LogP contribution >= 0.6 is 0 Å². The molecule has 0 radical (unpaired) electrons. The van der Waals surface area contributed by atoms with Gasteiger partial charge in [0.1, 0.15) is 5.78 Å². The molecule has 0 aromatic heterocycles. The summed E-state index contributed by atoms with van der Waals surface area (Å²) in [5.41, 5.74) is 2.56. The molecule has 0 aliphatic heterocycles. The Balaban J connectivity index is 0.000000199. The molecule has 0 saturated carbocycles. The highest BCUT2D eigenvalue weighted by Gasteiger charge is 1.94. The highest BCUT2D eigenvalue weighted by molar-refractivity contribution is 5.75. The van der Waals surface area contributed by atoms with Gasteiger partial charge in [0.05, 0.1) is 0 Å². The normalized spacial score (nSPS) is 9.22. The van der Waals surface area contributed by atoms with Crippen molar-refractivity contribution in [1.29, 1.82) is 0 Å². The van der Waals surface area contributed by atoms with E-state index in [1.807, 2.05) is 48.5 Å². The Morgan fingerprint density at radius 3 is 1.78 bits per heavy atom. The molecule has 0 atom stereocenters. The second kappa shape index (κ2) is 8.24. The second-order valence-corrected chi connectivity index (χ2v) is 4.34. The van der Waals surface area contributed by atoms with Crippen LogP contribution in [-0.4, -0.2) is 5.78 Å². The van der Waals surface area contributed by atoms with Gasteiger partial charge in [-0.3, -0.25) is 0 Å². The van der Waals surface area contributed by atoms with Gasteiger partial charge in [-0.15, -0.1) is 0 Å². The van der Waals surface area contributed by atoms with E-state index in [0.29, 0.717) is 6.42 Å². The number of benzene rings is 2. The third kappa shape index (κ3) is 6.64. The molecule has 0 N–H and O–H groups in total.